The fraction of sp³-hybridized carbons (Fsp3) is 0.385. The van der Waals surface area contributed by atoms with Crippen molar-refractivity contribution in [1.82, 2.24) is 4.90 Å². The van der Waals surface area contributed by atoms with E-state index in [0.717, 1.165) is 0 Å². The van der Waals surface area contributed by atoms with Crippen molar-refractivity contribution in [2.24, 2.45) is 0 Å². The van der Waals surface area contributed by atoms with E-state index < -0.39 is 9.84 Å². The number of likely N-dealkylation sites (N-methyl/N-ethyl adjacent to an activating group) is 1. The molecule has 0 spiro atoms. The molecule has 0 amide bonds. The summed E-state index contributed by atoms with van der Waals surface area (Å²) in [5, 5.41) is 8.66. The van der Waals surface area contributed by atoms with Gasteiger partial charge in [-0.25, -0.2) is 8.42 Å². The van der Waals surface area contributed by atoms with E-state index in [4.69, 9.17) is 5.26 Å². The van der Waals surface area contributed by atoms with E-state index in [9.17, 15) is 13.2 Å². The zero-order valence-electron chi connectivity index (χ0n) is 11.0. The van der Waals surface area contributed by atoms with Crippen LogP contribution < -0.4 is 0 Å². The lowest BCUT2D eigenvalue weighted by Crippen LogP contribution is -2.30. The van der Waals surface area contributed by atoms with Crippen molar-refractivity contribution in [3.8, 4) is 6.07 Å². The zero-order valence-corrected chi connectivity index (χ0v) is 11.8. The molecule has 6 heteroatoms. The molecule has 0 aliphatic rings. The molecule has 0 aliphatic heterocycles. The number of carbonyl (C=O) groups is 1. The number of benzene rings is 1. The Kier molecular flexibility index (Phi) is 5.21. The first-order chi connectivity index (χ1) is 8.81. The number of sulfone groups is 1. The molecule has 0 saturated carbocycles. The lowest BCUT2D eigenvalue weighted by atomic mass is 10.1. The van der Waals surface area contributed by atoms with Gasteiger partial charge in [-0.3, -0.25) is 9.69 Å². The maximum Gasteiger partial charge on any atom is 0.176 e. The van der Waals surface area contributed by atoms with Gasteiger partial charge in [0.1, 0.15) is 9.84 Å². The van der Waals surface area contributed by atoms with Gasteiger partial charge in [-0.2, -0.15) is 5.26 Å². The van der Waals surface area contributed by atoms with Crippen LogP contribution in [0.3, 0.4) is 0 Å². The average Bonchev–Trinajstić information content (AvgIpc) is 2.35. The second-order valence-corrected chi connectivity index (χ2v) is 6.74. The summed E-state index contributed by atoms with van der Waals surface area (Å²) >= 11 is 0. The normalized spacial score (nSPS) is 11.3. The van der Waals surface area contributed by atoms with Crippen molar-refractivity contribution < 1.29 is 13.2 Å². The van der Waals surface area contributed by atoms with Gasteiger partial charge in [0.25, 0.3) is 0 Å². The minimum Gasteiger partial charge on any atom is -0.298 e. The Morgan fingerprint density at radius 2 is 1.89 bits per heavy atom. The predicted octanol–water partition coefficient (Wildman–Crippen LogP) is 0.717. The van der Waals surface area contributed by atoms with Crippen LogP contribution in [0.2, 0.25) is 0 Å². The highest BCUT2D eigenvalue weighted by Crippen LogP contribution is 2.05. The fourth-order valence-corrected chi connectivity index (χ4v) is 2.11. The summed E-state index contributed by atoms with van der Waals surface area (Å²) in [6.07, 6.45) is 1.17. The van der Waals surface area contributed by atoms with Crippen molar-refractivity contribution in [1.29, 1.82) is 5.26 Å². The number of rotatable bonds is 6. The van der Waals surface area contributed by atoms with Gasteiger partial charge in [0.05, 0.1) is 23.9 Å². The Morgan fingerprint density at radius 3 is 2.37 bits per heavy atom. The van der Waals surface area contributed by atoms with Crippen molar-refractivity contribution in [3.05, 3.63) is 35.4 Å². The molecule has 0 unspecified atom stereocenters. The topological polar surface area (TPSA) is 78.2 Å². The van der Waals surface area contributed by atoms with E-state index >= 15 is 0 Å². The first-order valence-electron chi connectivity index (χ1n) is 5.71. The minimum absolute atomic E-state index is 0.0319. The molecule has 0 aromatic heterocycles. The highest BCUT2D eigenvalue weighted by Gasteiger charge is 2.11. The molecule has 19 heavy (non-hydrogen) atoms. The second-order valence-electron chi connectivity index (χ2n) is 4.48. The van der Waals surface area contributed by atoms with Crippen LogP contribution in [0.5, 0.6) is 0 Å². The third-order valence-electron chi connectivity index (χ3n) is 2.59. The summed E-state index contributed by atoms with van der Waals surface area (Å²) in [7, 11) is -1.32. The molecule has 102 valence electrons. The number of Topliss-reactive ketones (excluding diaryl/α,β-unsaturated/α-hetero) is 1. The molecule has 0 N–H and O–H groups in total. The molecule has 0 aliphatic carbocycles. The van der Waals surface area contributed by atoms with Crippen LogP contribution in [0.15, 0.2) is 24.3 Å². The van der Waals surface area contributed by atoms with Crippen molar-refractivity contribution in [3.63, 3.8) is 0 Å². The van der Waals surface area contributed by atoms with Crippen LogP contribution >= 0.6 is 0 Å². The molecule has 1 rings (SSSR count). The van der Waals surface area contributed by atoms with E-state index in [1.807, 2.05) is 6.07 Å². The summed E-state index contributed by atoms with van der Waals surface area (Å²) in [5.74, 6) is -0.0649. The summed E-state index contributed by atoms with van der Waals surface area (Å²) in [6, 6.07) is 8.36. The van der Waals surface area contributed by atoms with Gasteiger partial charge in [-0.05, 0) is 19.2 Å². The number of nitrogens with zero attached hydrogens (tertiary/aromatic N) is 2. The Balaban J connectivity index is 2.56. The van der Waals surface area contributed by atoms with Gasteiger partial charge in [-0.1, -0.05) is 12.1 Å². The van der Waals surface area contributed by atoms with Crippen molar-refractivity contribution >= 4 is 15.6 Å². The molecule has 0 radical (unpaired) electrons. The lowest BCUT2D eigenvalue weighted by molar-refractivity contribution is 0.0949. The van der Waals surface area contributed by atoms with E-state index in [1.165, 1.54) is 6.26 Å². The number of carbonyl (C=O) groups excluding carboxylic acids is 1. The first-order valence-corrected chi connectivity index (χ1v) is 7.77. The van der Waals surface area contributed by atoms with Gasteiger partial charge in [0, 0.05) is 18.4 Å². The molecule has 0 fully saturated rings. The second kappa shape index (κ2) is 6.45. The highest BCUT2D eigenvalue weighted by molar-refractivity contribution is 7.90. The summed E-state index contributed by atoms with van der Waals surface area (Å²) in [6.45, 7) is 0.474. The predicted molar refractivity (Wildman–Crippen MR) is 72.7 cm³/mol. The molecule has 0 saturated heterocycles. The number of hydrogen-bond acceptors (Lipinski definition) is 5. The summed E-state index contributed by atoms with van der Waals surface area (Å²) in [4.78, 5) is 13.6. The third-order valence-corrected chi connectivity index (χ3v) is 3.52. The van der Waals surface area contributed by atoms with E-state index in [-0.39, 0.29) is 18.1 Å². The Labute approximate surface area is 113 Å². The maximum absolute atomic E-state index is 11.9. The average molecular weight is 280 g/mol. The smallest absolute Gasteiger partial charge is 0.176 e. The van der Waals surface area contributed by atoms with Crippen LogP contribution in [0.1, 0.15) is 15.9 Å². The number of hydrogen-bond donors (Lipinski definition) is 0. The van der Waals surface area contributed by atoms with Crippen LogP contribution in [0.4, 0.5) is 0 Å². The quantitative estimate of drug-likeness (QED) is 0.717. The molecular formula is C13H16N2O3S. The molecule has 0 atom stereocenters. The Bertz CT molecular complexity index is 585. The minimum atomic E-state index is -3.02. The summed E-state index contributed by atoms with van der Waals surface area (Å²) < 4.78 is 22.0. The lowest BCUT2D eigenvalue weighted by Gasteiger charge is -2.14. The Hall–Kier alpha value is -1.71. The largest absolute Gasteiger partial charge is 0.298 e. The maximum atomic E-state index is 11.9. The monoisotopic (exact) mass is 280 g/mol. The van der Waals surface area contributed by atoms with Gasteiger partial charge in [0.15, 0.2) is 5.78 Å². The van der Waals surface area contributed by atoms with E-state index in [1.54, 1.807) is 36.2 Å². The van der Waals surface area contributed by atoms with Gasteiger partial charge in [-0.15, -0.1) is 0 Å². The van der Waals surface area contributed by atoms with Crippen LogP contribution in [0.25, 0.3) is 0 Å². The van der Waals surface area contributed by atoms with Crippen molar-refractivity contribution in [2.75, 3.05) is 32.1 Å². The molecule has 0 bridgehead atoms. The molecule has 1 aromatic carbocycles. The number of ketones is 1. The molecule has 0 heterocycles. The van der Waals surface area contributed by atoms with Gasteiger partial charge in [0.2, 0.25) is 0 Å². The van der Waals surface area contributed by atoms with Crippen LogP contribution in [0, 0.1) is 11.3 Å². The molecule has 1 aromatic rings. The standard InChI is InChI=1S/C13H16N2O3S/c1-15(7-8-19(2,17)18)10-13(16)12-5-3-11(9-14)4-6-12/h3-6H,7-8,10H2,1-2H3. The third kappa shape index (κ3) is 5.64. The SMILES string of the molecule is CN(CCS(C)(=O)=O)CC(=O)c1ccc(C#N)cc1. The highest BCUT2D eigenvalue weighted by atomic mass is 32.2. The zero-order chi connectivity index (χ0) is 14.5. The van der Waals surface area contributed by atoms with Crippen molar-refractivity contribution in [2.45, 2.75) is 0 Å². The fourth-order valence-electron chi connectivity index (χ4n) is 1.47. The van der Waals surface area contributed by atoms with E-state index in [2.05, 4.69) is 0 Å². The van der Waals surface area contributed by atoms with Gasteiger partial charge >= 0.3 is 0 Å². The van der Waals surface area contributed by atoms with Gasteiger partial charge < -0.3 is 0 Å². The van der Waals surface area contributed by atoms with E-state index in [0.29, 0.717) is 17.7 Å². The van der Waals surface area contributed by atoms with Crippen LogP contribution in [-0.2, 0) is 9.84 Å². The molecule has 5 nitrogen and oxygen atoms in total. The number of nitriles is 1. The molecular weight excluding hydrogens is 264 g/mol. The Morgan fingerprint density at radius 1 is 1.32 bits per heavy atom. The first kappa shape index (κ1) is 15.3. The van der Waals surface area contributed by atoms with Crippen LogP contribution in [-0.4, -0.2) is 51.2 Å². The summed E-state index contributed by atoms with van der Waals surface area (Å²) in [5.41, 5.74) is 1.02.